The van der Waals surface area contributed by atoms with Crippen LogP contribution >= 0.6 is 11.3 Å². The molecule has 90 valence electrons. The third-order valence-electron chi connectivity index (χ3n) is 3.72. The van der Waals surface area contributed by atoms with E-state index in [-0.39, 0.29) is 11.1 Å². The number of rotatable bonds is 3. The molecule has 0 radical (unpaired) electrons. The van der Waals surface area contributed by atoms with Crippen LogP contribution in [0.25, 0.3) is 0 Å². The van der Waals surface area contributed by atoms with E-state index in [1.807, 2.05) is 18.6 Å². The van der Waals surface area contributed by atoms with Crippen molar-refractivity contribution in [2.75, 3.05) is 13.7 Å². The van der Waals surface area contributed by atoms with E-state index in [1.54, 1.807) is 11.3 Å². The first kappa shape index (κ1) is 12.0. The fourth-order valence-corrected chi connectivity index (χ4v) is 3.31. The number of hydrogen-bond donors (Lipinski definition) is 1. The van der Waals surface area contributed by atoms with E-state index in [0.29, 0.717) is 0 Å². The van der Waals surface area contributed by atoms with Crippen LogP contribution in [0.3, 0.4) is 0 Å². The normalized spacial score (nSPS) is 35.2. The molecule has 0 amide bonds. The Morgan fingerprint density at radius 1 is 1.62 bits per heavy atom. The topological polar surface area (TPSA) is 34.2 Å². The third kappa shape index (κ3) is 2.01. The van der Waals surface area contributed by atoms with E-state index in [9.17, 15) is 0 Å². The average molecular weight is 240 g/mol. The van der Waals surface area contributed by atoms with Gasteiger partial charge in [0.05, 0.1) is 11.1 Å². The summed E-state index contributed by atoms with van der Waals surface area (Å²) in [5.41, 5.74) is -0.00981. The first-order valence-corrected chi connectivity index (χ1v) is 6.75. The lowest BCUT2D eigenvalue weighted by molar-refractivity contribution is -0.102. The molecule has 1 aromatic heterocycles. The lowest BCUT2D eigenvalue weighted by atomic mass is 9.79. The van der Waals surface area contributed by atoms with Gasteiger partial charge < -0.3 is 10.1 Å². The molecule has 2 unspecified atom stereocenters. The van der Waals surface area contributed by atoms with Gasteiger partial charge in [0.1, 0.15) is 5.01 Å². The average Bonchev–Trinajstić information content (AvgIpc) is 2.83. The molecule has 0 saturated carbocycles. The lowest BCUT2D eigenvalue weighted by Crippen LogP contribution is -2.52. The lowest BCUT2D eigenvalue weighted by Gasteiger charge is -2.45. The minimum atomic E-state index is -0.0209. The number of nitrogens with one attached hydrogen (secondary N) is 1. The van der Waals surface area contributed by atoms with Crippen LogP contribution in [0.5, 0.6) is 0 Å². The van der Waals surface area contributed by atoms with E-state index in [1.165, 1.54) is 5.01 Å². The van der Waals surface area contributed by atoms with E-state index in [0.717, 1.165) is 25.9 Å². The summed E-state index contributed by atoms with van der Waals surface area (Å²) in [5.74, 6) is 0. The van der Waals surface area contributed by atoms with Crippen molar-refractivity contribution in [2.45, 2.75) is 44.2 Å². The van der Waals surface area contributed by atoms with Crippen LogP contribution in [0.4, 0.5) is 0 Å². The molecular formula is C12H20N2OS. The molecule has 0 aromatic carbocycles. The van der Waals surface area contributed by atoms with Crippen molar-refractivity contribution in [1.82, 2.24) is 10.3 Å². The Kier molecular flexibility index (Phi) is 3.33. The van der Waals surface area contributed by atoms with Crippen molar-refractivity contribution in [1.29, 1.82) is 0 Å². The van der Waals surface area contributed by atoms with Crippen LogP contribution in [-0.4, -0.2) is 24.2 Å². The van der Waals surface area contributed by atoms with Crippen molar-refractivity contribution in [3.05, 3.63) is 16.6 Å². The zero-order valence-corrected chi connectivity index (χ0v) is 11.1. The van der Waals surface area contributed by atoms with Crippen molar-refractivity contribution in [3.63, 3.8) is 0 Å². The second-order valence-electron chi connectivity index (χ2n) is 4.75. The number of ether oxygens (including phenoxy) is 1. The summed E-state index contributed by atoms with van der Waals surface area (Å²) in [5, 5.41) is 6.72. The maximum absolute atomic E-state index is 5.91. The fraction of sp³-hybridized carbons (Fsp3) is 0.750. The van der Waals surface area contributed by atoms with Crippen molar-refractivity contribution < 1.29 is 4.74 Å². The standard InChI is InChI=1S/C12H20N2OS/c1-4-11(2)9-12(13-3,5-7-15-11)10-14-6-8-16-10/h6,8,13H,4-5,7,9H2,1-3H3. The summed E-state index contributed by atoms with van der Waals surface area (Å²) in [6.45, 7) is 5.20. The summed E-state index contributed by atoms with van der Waals surface area (Å²) in [6, 6.07) is 0. The maximum Gasteiger partial charge on any atom is 0.113 e. The van der Waals surface area contributed by atoms with Gasteiger partial charge in [0.15, 0.2) is 0 Å². The van der Waals surface area contributed by atoms with Gasteiger partial charge in [-0.25, -0.2) is 4.98 Å². The van der Waals surface area contributed by atoms with Gasteiger partial charge in [-0.15, -0.1) is 11.3 Å². The predicted octanol–water partition coefficient (Wildman–Crippen LogP) is 2.54. The van der Waals surface area contributed by atoms with Gasteiger partial charge in [0, 0.05) is 24.6 Å². The smallest absolute Gasteiger partial charge is 0.113 e. The molecule has 0 spiro atoms. The molecule has 2 heterocycles. The molecule has 2 atom stereocenters. The van der Waals surface area contributed by atoms with Gasteiger partial charge in [-0.3, -0.25) is 0 Å². The fourth-order valence-electron chi connectivity index (χ4n) is 2.44. The number of nitrogens with zero attached hydrogens (tertiary/aromatic N) is 1. The van der Waals surface area contributed by atoms with Gasteiger partial charge >= 0.3 is 0 Å². The van der Waals surface area contributed by atoms with E-state index >= 15 is 0 Å². The summed E-state index contributed by atoms with van der Waals surface area (Å²) < 4.78 is 5.91. The Bertz CT molecular complexity index is 341. The van der Waals surface area contributed by atoms with Crippen LogP contribution in [0.2, 0.25) is 0 Å². The van der Waals surface area contributed by atoms with E-state index in [2.05, 4.69) is 24.1 Å². The first-order chi connectivity index (χ1) is 7.64. The highest BCUT2D eigenvalue weighted by Crippen LogP contribution is 2.41. The highest BCUT2D eigenvalue weighted by atomic mass is 32.1. The monoisotopic (exact) mass is 240 g/mol. The molecule has 1 N–H and O–H groups in total. The van der Waals surface area contributed by atoms with Crippen molar-refractivity contribution in [3.8, 4) is 0 Å². The second kappa shape index (κ2) is 4.43. The van der Waals surface area contributed by atoms with Crippen LogP contribution in [0.15, 0.2) is 11.6 Å². The Hall–Kier alpha value is -0.450. The van der Waals surface area contributed by atoms with Crippen molar-refractivity contribution in [2.24, 2.45) is 0 Å². The van der Waals surface area contributed by atoms with Gasteiger partial charge in [-0.05, 0) is 26.8 Å². The number of aromatic nitrogens is 1. The largest absolute Gasteiger partial charge is 0.375 e. The molecule has 1 fully saturated rings. The quantitative estimate of drug-likeness (QED) is 0.881. The molecule has 1 aromatic rings. The third-order valence-corrected chi connectivity index (χ3v) is 4.70. The first-order valence-electron chi connectivity index (χ1n) is 5.87. The molecule has 3 nitrogen and oxygen atoms in total. The van der Waals surface area contributed by atoms with Gasteiger partial charge in [-0.1, -0.05) is 6.92 Å². The molecule has 2 rings (SSSR count). The summed E-state index contributed by atoms with van der Waals surface area (Å²) in [7, 11) is 2.03. The molecular weight excluding hydrogens is 220 g/mol. The number of thiazole rings is 1. The van der Waals surface area contributed by atoms with Crippen LogP contribution in [0.1, 0.15) is 38.1 Å². The summed E-state index contributed by atoms with van der Waals surface area (Å²) in [6.07, 6.45) is 4.94. The SMILES string of the molecule is CCC1(C)CC(NC)(c2nccs2)CCO1. The van der Waals surface area contributed by atoms with Crippen LogP contribution in [-0.2, 0) is 10.3 Å². The predicted molar refractivity (Wildman–Crippen MR) is 66.7 cm³/mol. The minimum absolute atomic E-state index is 0.0111. The summed E-state index contributed by atoms with van der Waals surface area (Å²) >= 11 is 1.73. The Morgan fingerprint density at radius 3 is 3.00 bits per heavy atom. The number of hydrogen-bond acceptors (Lipinski definition) is 4. The van der Waals surface area contributed by atoms with Crippen LogP contribution < -0.4 is 5.32 Å². The van der Waals surface area contributed by atoms with Gasteiger partial charge in [0.2, 0.25) is 0 Å². The van der Waals surface area contributed by atoms with Crippen LogP contribution in [0, 0.1) is 0 Å². The summed E-state index contributed by atoms with van der Waals surface area (Å²) in [4.78, 5) is 4.48. The molecule has 0 bridgehead atoms. The molecule has 1 aliphatic rings. The molecule has 1 saturated heterocycles. The second-order valence-corrected chi connectivity index (χ2v) is 5.64. The van der Waals surface area contributed by atoms with Crippen molar-refractivity contribution >= 4 is 11.3 Å². The Balaban J connectivity index is 2.28. The van der Waals surface area contributed by atoms with E-state index < -0.39 is 0 Å². The van der Waals surface area contributed by atoms with Gasteiger partial charge in [0.25, 0.3) is 0 Å². The highest BCUT2D eigenvalue weighted by Gasteiger charge is 2.44. The van der Waals surface area contributed by atoms with E-state index in [4.69, 9.17) is 4.74 Å². The van der Waals surface area contributed by atoms with Gasteiger partial charge in [-0.2, -0.15) is 0 Å². The Labute approximate surface area is 101 Å². The minimum Gasteiger partial charge on any atom is -0.375 e. The zero-order chi connectivity index (χ0) is 11.6. The molecule has 4 heteroatoms. The molecule has 0 aliphatic carbocycles. The Morgan fingerprint density at radius 2 is 2.44 bits per heavy atom. The zero-order valence-electron chi connectivity index (χ0n) is 10.2. The molecule has 1 aliphatic heterocycles. The highest BCUT2D eigenvalue weighted by molar-refractivity contribution is 7.09. The molecule has 16 heavy (non-hydrogen) atoms. The maximum atomic E-state index is 5.91.